The normalized spacial score (nSPS) is 19.1. The first-order valence-electron chi connectivity index (χ1n) is 5.96. The molecule has 90 valence electrons. The van der Waals surface area contributed by atoms with Crippen LogP contribution in [0.5, 0.6) is 0 Å². The van der Waals surface area contributed by atoms with E-state index in [4.69, 9.17) is 5.73 Å². The van der Waals surface area contributed by atoms with Gasteiger partial charge in [0.1, 0.15) is 0 Å². The van der Waals surface area contributed by atoms with E-state index in [1.165, 1.54) is 25.7 Å². The van der Waals surface area contributed by atoms with Crippen LogP contribution in [0.1, 0.15) is 31.4 Å². The van der Waals surface area contributed by atoms with Gasteiger partial charge in [0.15, 0.2) is 0 Å². The molecule has 1 aliphatic rings. The van der Waals surface area contributed by atoms with Gasteiger partial charge in [0.25, 0.3) is 0 Å². The highest BCUT2D eigenvalue weighted by molar-refractivity contribution is 7.99. The van der Waals surface area contributed by atoms with E-state index in [1.54, 1.807) is 4.68 Å². The van der Waals surface area contributed by atoms with E-state index in [0.29, 0.717) is 0 Å². The largest absolute Gasteiger partial charge is 0.327 e. The Kier molecular flexibility index (Phi) is 4.23. The number of nitrogens with zero attached hydrogens (tertiary/aromatic N) is 3. The molecule has 2 rings (SSSR count). The molecule has 0 aliphatic heterocycles. The molecule has 2 N–H and O–H groups in total. The zero-order valence-corrected chi connectivity index (χ0v) is 10.6. The maximum absolute atomic E-state index is 6.10. The third kappa shape index (κ3) is 3.49. The van der Waals surface area contributed by atoms with E-state index >= 15 is 0 Å². The average molecular weight is 240 g/mol. The van der Waals surface area contributed by atoms with Crippen LogP contribution in [-0.4, -0.2) is 32.0 Å². The van der Waals surface area contributed by atoms with Crippen molar-refractivity contribution in [1.29, 1.82) is 0 Å². The van der Waals surface area contributed by atoms with Gasteiger partial charge in [0.2, 0.25) is 0 Å². The van der Waals surface area contributed by atoms with Crippen molar-refractivity contribution in [1.82, 2.24) is 15.0 Å². The van der Waals surface area contributed by atoms with Gasteiger partial charge in [-0.2, -0.15) is 11.8 Å². The number of hydrogen-bond donors (Lipinski definition) is 1. The van der Waals surface area contributed by atoms with Gasteiger partial charge in [-0.1, -0.05) is 18.1 Å². The molecule has 1 unspecified atom stereocenters. The Bertz CT molecular complexity index is 320. The summed E-state index contributed by atoms with van der Waals surface area (Å²) < 4.78 is 1.73. The van der Waals surface area contributed by atoms with Crippen molar-refractivity contribution in [3.05, 3.63) is 11.9 Å². The molecule has 1 aliphatic carbocycles. The predicted molar refractivity (Wildman–Crippen MR) is 67.4 cm³/mol. The van der Waals surface area contributed by atoms with Gasteiger partial charge in [0.05, 0.1) is 5.69 Å². The van der Waals surface area contributed by atoms with Gasteiger partial charge in [-0.25, -0.2) is 0 Å². The molecular weight excluding hydrogens is 220 g/mol. The lowest BCUT2D eigenvalue weighted by Gasteiger charge is -2.13. The molecule has 0 aromatic carbocycles. The highest BCUT2D eigenvalue weighted by atomic mass is 32.2. The summed E-state index contributed by atoms with van der Waals surface area (Å²) in [5.74, 6) is 1.04. The number of thioether (sulfide) groups is 1. The molecular formula is C11H20N4S. The van der Waals surface area contributed by atoms with E-state index in [9.17, 15) is 0 Å². The summed E-state index contributed by atoms with van der Waals surface area (Å²) >= 11 is 2.04. The van der Waals surface area contributed by atoms with Gasteiger partial charge < -0.3 is 5.73 Å². The molecule has 0 spiro atoms. The van der Waals surface area contributed by atoms with Crippen LogP contribution in [0.3, 0.4) is 0 Å². The summed E-state index contributed by atoms with van der Waals surface area (Å²) in [5, 5.41) is 8.83. The van der Waals surface area contributed by atoms with Crippen LogP contribution in [0.4, 0.5) is 0 Å². The minimum absolute atomic E-state index is 0.210. The zero-order chi connectivity index (χ0) is 11.4. The lowest BCUT2D eigenvalue weighted by Crippen LogP contribution is -2.26. The molecule has 1 saturated carbocycles. The Hall–Kier alpha value is -0.550. The van der Waals surface area contributed by atoms with Gasteiger partial charge in [-0.3, -0.25) is 4.68 Å². The Morgan fingerprint density at radius 3 is 2.94 bits per heavy atom. The Morgan fingerprint density at radius 2 is 2.31 bits per heavy atom. The van der Waals surface area contributed by atoms with Gasteiger partial charge in [0, 0.05) is 36.7 Å². The van der Waals surface area contributed by atoms with Crippen LogP contribution in [0.2, 0.25) is 0 Å². The van der Waals surface area contributed by atoms with E-state index in [2.05, 4.69) is 10.3 Å². The number of aromatic nitrogens is 3. The molecule has 0 bridgehead atoms. The van der Waals surface area contributed by atoms with Crippen LogP contribution in [0.25, 0.3) is 0 Å². The first-order chi connectivity index (χ1) is 7.74. The summed E-state index contributed by atoms with van der Waals surface area (Å²) in [6.07, 6.45) is 8.34. The molecule has 1 heterocycles. The number of nitrogens with two attached hydrogens (primary N) is 1. The fourth-order valence-corrected chi connectivity index (χ4v) is 3.43. The van der Waals surface area contributed by atoms with Crippen LogP contribution >= 0.6 is 11.8 Å². The highest BCUT2D eigenvalue weighted by Gasteiger charge is 2.17. The van der Waals surface area contributed by atoms with E-state index in [0.717, 1.165) is 23.1 Å². The fraction of sp³-hybridized carbons (Fsp3) is 0.818. The monoisotopic (exact) mass is 240 g/mol. The van der Waals surface area contributed by atoms with Crippen molar-refractivity contribution in [2.24, 2.45) is 12.8 Å². The van der Waals surface area contributed by atoms with Gasteiger partial charge >= 0.3 is 0 Å². The molecule has 16 heavy (non-hydrogen) atoms. The smallest absolute Gasteiger partial charge is 0.0842 e. The average Bonchev–Trinajstić information content (AvgIpc) is 2.87. The summed E-state index contributed by atoms with van der Waals surface area (Å²) in [5.41, 5.74) is 7.10. The van der Waals surface area contributed by atoms with Gasteiger partial charge in [-0.05, 0) is 12.8 Å². The van der Waals surface area contributed by atoms with Gasteiger partial charge in [-0.15, -0.1) is 5.10 Å². The second-order valence-electron chi connectivity index (χ2n) is 4.59. The minimum Gasteiger partial charge on any atom is -0.327 e. The molecule has 1 atom stereocenters. The lowest BCUT2D eigenvalue weighted by molar-refractivity contribution is 0.704. The summed E-state index contributed by atoms with van der Waals surface area (Å²) in [4.78, 5) is 0. The number of hydrogen-bond acceptors (Lipinski definition) is 4. The quantitative estimate of drug-likeness (QED) is 0.844. The van der Waals surface area contributed by atoms with E-state index in [-0.39, 0.29) is 6.04 Å². The Morgan fingerprint density at radius 1 is 1.56 bits per heavy atom. The van der Waals surface area contributed by atoms with Crippen molar-refractivity contribution in [3.8, 4) is 0 Å². The second kappa shape index (κ2) is 5.68. The van der Waals surface area contributed by atoms with Crippen molar-refractivity contribution < 1.29 is 0 Å². The van der Waals surface area contributed by atoms with Crippen molar-refractivity contribution in [3.63, 3.8) is 0 Å². The minimum atomic E-state index is 0.210. The predicted octanol–water partition coefficient (Wildman–Crippen LogP) is 1.36. The molecule has 4 nitrogen and oxygen atoms in total. The van der Waals surface area contributed by atoms with Crippen LogP contribution < -0.4 is 5.73 Å². The molecule has 1 aromatic rings. The highest BCUT2D eigenvalue weighted by Crippen LogP contribution is 2.29. The van der Waals surface area contributed by atoms with Crippen LogP contribution in [0, 0.1) is 0 Å². The molecule has 5 heteroatoms. The maximum atomic E-state index is 6.10. The topological polar surface area (TPSA) is 56.7 Å². The van der Waals surface area contributed by atoms with Crippen molar-refractivity contribution in [2.45, 2.75) is 43.4 Å². The Labute approximate surface area is 101 Å². The van der Waals surface area contributed by atoms with Crippen molar-refractivity contribution in [2.75, 3.05) is 5.75 Å². The standard InChI is InChI=1S/C11H20N4S/c1-15-7-10(13-14-15)6-9(12)8-16-11-4-2-3-5-11/h7,9,11H,2-6,8,12H2,1H3. The summed E-state index contributed by atoms with van der Waals surface area (Å²) in [7, 11) is 1.88. The maximum Gasteiger partial charge on any atom is 0.0842 e. The molecule has 0 saturated heterocycles. The van der Waals surface area contributed by atoms with Crippen LogP contribution in [-0.2, 0) is 13.5 Å². The molecule has 0 radical (unpaired) electrons. The van der Waals surface area contributed by atoms with E-state index < -0.39 is 0 Å². The Balaban J connectivity index is 1.69. The molecule has 1 fully saturated rings. The molecule has 0 amide bonds. The first-order valence-corrected chi connectivity index (χ1v) is 7.01. The SMILES string of the molecule is Cn1cc(CC(N)CSC2CCCC2)nn1. The summed E-state index contributed by atoms with van der Waals surface area (Å²) in [6, 6.07) is 0.210. The number of rotatable bonds is 5. The third-order valence-electron chi connectivity index (χ3n) is 2.97. The van der Waals surface area contributed by atoms with Crippen molar-refractivity contribution >= 4 is 11.8 Å². The van der Waals surface area contributed by atoms with Crippen LogP contribution in [0.15, 0.2) is 6.20 Å². The fourth-order valence-electron chi connectivity index (χ4n) is 2.13. The third-order valence-corrected chi connectivity index (χ3v) is 4.53. The number of aryl methyl sites for hydroxylation is 1. The zero-order valence-electron chi connectivity index (χ0n) is 9.80. The summed E-state index contributed by atoms with van der Waals surface area (Å²) in [6.45, 7) is 0. The van der Waals surface area contributed by atoms with E-state index in [1.807, 2.05) is 25.0 Å². The second-order valence-corrected chi connectivity index (χ2v) is 5.92. The first kappa shape index (κ1) is 11.9. The lowest BCUT2D eigenvalue weighted by atomic mass is 10.2. The molecule has 1 aromatic heterocycles.